The lowest BCUT2D eigenvalue weighted by molar-refractivity contribution is -0.384. The predicted octanol–water partition coefficient (Wildman–Crippen LogP) is 4.59. The Labute approximate surface area is 222 Å². The summed E-state index contributed by atoms with van der Waals surface area (Å²) in [6, 6.07) is 10.6. The van der Waals surface area contributed by atoms with Crippen molar-refractivity contribution in [2.75, 3.05) is 10.6 Å². The lowest BCUT2D eigenvalue weighted by atomic mass is 10.1. The maximum Gasteiger partial charge on any atom is 0.276 e. The van der Waals surface area contributed by atoms with Gasteiger partial charge in [-0.15, -0.1) is 0 Å². The lowest BCUT2D eigenvalue weighted by Gasteiger charge is -2.11. The van der Waals surface area contributed by atoms with Crippen molar-refractivity contribution in [2.24, 2.45) is 7.05 Å². The first kappa shape index (κ1) is 26.4. The van der Waals surface area contributed by atoms with E-state index in [1.165, 1.54) is 29.1 Å². The number of nitro benzene ring substituents is 1. The Morgan fingerprint density at radius 3 is 2.34 bits per heavy atom. The number of anilines is 2. The van der Waals surface area contributed by atoms with Gasteiger partial charge in [0.05, 0.1) is 39.4 Å². The zero-order chi connectivity index (χ0) is 27.4. The van der Waals surface area contributed by atoms with Gasteiger partial charge in [0.25, 0.3) is 17.5 Å². The van der Waals surface area contributed by atoms with E-state index in [0.29, 0.717) is 23.5 Å². The van der Waals surface area contributed by atoms with Crippen molar-refractivity contribution in [1.29, 1.82) is 0 Å². The Kier molecular flexibility index (Phi) is 7.72. The second-order valence-electron chi connectivity index (χ2n) is 8.26. The Morgan fingerprint density at radius 2 is 1.74 bits per heavy atom. The maximum absolute atomic E-state index is 13.0. The first-order valence-corrected chi connectivity index (χ1v) is 11.9. The summed E-state index contributed by atoms with van der Waals surface area (Å²) in [6.07, 6.45) is 2.99. The number of nitrogens with zero attached hydrogens (tertiary/aromatic N) is 5. The van der Waals surface area contributed by atoms with Gasteiger partial charge in [-0.3, -0.25) is 29.1 Å². The summed E-state index contributed by atoms with van der Waals surface area (Å²) in [5.74, 6) is -0.536. The van der Waals surface area contributed by atoms with Gasteiger partial charge in [-0.1, -0.05) is 23.7 Å². The van der Waals surface area contributed by atoms with Gasteiger partial charge in [0, 0.05) is 31.3 Å². The molecule has 0 aliphatic carbocycles. The molecule has 4 aromatic rings. The van der Waals surface area contributed by atoms with Crippen molar-refractivity contribution in [3.05, 3.63) is 92.5 Å². The van der Waals surface area contributed by atoms with Crippen molar-refractivity contribution in [2.45, 2.75) is 27.0 Å². The van der Waals surface area contributed by atoms with E-state index in [1.54, 1.807) is 42.2 Å². The average Bonchev–Trinajstić information content (AvgIpc) is 3.45. The molecule has 0 radical (unpaired) electrons. The van der Waals surface area contributed by atoms with Gasteiger partial charge >= 0.3 is 0 Å². The Morgan fingerprint density at radius 1 is 1.05 bits per heavy atom. The van der Waals surface area contributed by atoms with Crippen molar-refractivity contribution in [3.8, 4) is 5.75 Å². The topological polar surface area (TPSA) is 146 Å². The summed E-state index contributed by atoms with van der Waals surface area (Å²) in [4.78, 5) is 36.3. The summed E-state index contributed by atoms with van der Waals surface area (Å²) in [5.41, 5.74) is 2.82. The molecule has 0 spiro atoms. The fourth-order valence-electron chi connectivity index (χ4n) is 3.59. The van der Waals surface area contributed by atoms with Crippen LogP contribution in [0.25, 0.3) is 0 Å². The number of halogens is 1. The summed E-state index contributed by atoms with van der Waals surface area (Å²) in [6.45, 7) is 4.24. The normalized spacial score (nSPS) is 10.7. The monoisotopic (exact) mass is 537 g/mol. The van der Waals surface area contributed by atoms with E-state index < -0.39 is 16.7 Å². The molecule has 2 heterocycles. The average molecular weight is 538 g/mol. The van der Waals surface area contributed by atoms with E-state index in [1.807, 2.05) is 13.8 Å². The SMILES string of the molecule is CCn1ncc(NC(=O)c2ccc(COc3ccc([N+](=O)[O-])cc3Cl)cc2)c1C(=O)Nc1cnn(C)c1C. The van der Waals surface area contributed by atoms with Gasteiger partial charge < -0.3 is 15.4 Å². The molecule has 0 bridgehead atoms. The standard InChI is InChI=1S/C25H24ClN7O5/c1-4-32-23(25(35)29-20-12-27-31(3)15(20)2)21(13-28-32)30-24(34)17-7-5-16(6-8-17)14-38-22-10-9-18(33(36)37)11-19(22)26/h5-13H,4,14H2,1-3H3,(H,29,35)(H,30,34). The highest BCUT2D eigenvalue weighted by Crippen LogP contribution is 2.29. The molecular formula is C25H24ClN7O5. The number of carbonyl (C=O) groups excluding carboxylic acids is 2. The van der Waals surface area contributed by atoms with Gasteiger partial charge in [-0.05, 0) is 37.6 Å². The van der Waals surface area contributed by atoms with Crippen LogP contribution in [-0.2, 0) is 20.2 Å². The van der Waals surface area contributed by atoms with Crippen LogP contribution in [0.3, 0.4) is 0 Å². The first-order chi connectivity index (χ1) is 18.2. The van der Waals surface area contributed by atoms with Crippen LogP contribution in [0.2, 0.25) is 5.02 Å². The predicted molar refractivity (Wildman–Crippen MR) is 141 cm³/mol. The molecule has 4 rings (SSSR count). The number of aryl methyl sites for hydroxylation is 2. The number of aromatic nitrogens is 4. The largest absolute Gasteiger partial charge is 0.487 e. The molecule has 0 atom stereocenters. The second-order valence-corrected chi connectivity index (χ2v) is 8.66. The number of ether oxygens (including phenoxy) is 1. The minimum atomic E-state index is -0.538. The molecule has 0 aliphatic rings. The van der Waals surface area contributed by atoms with E-state index in [-0.39, 0.29) is 28.7 Å². The van der Waals surface area contributed by atoms with E-state index in [2.05, 4.69) is 20.8 Å². The number of non-ortho nitro benzene ring substituents is 1. The molecule has 0 saturated carbocycles. The molecule has 0 fully saturated rings. The van der Waals surface area contributed by atoms with Crippen molar-refractivity contribution >= 4 is 40.5 Å². The summed E-state index contributed by atoms with van der Waals surface area (Å²) >= 11 is 6.06. The highest BCUT2D eigenvalue weighted by atomic mass is 35.5. The number of hydrogen-bond acceptors (Lipinski definition) is 7. The van der Waals surface area contributed by atoms with E-state index >= 15 is 0 Å². The Balaban J connectivity index is 1.43. The number of rotatable bonds is 9. The molecule has 2 N–H and O–H groups in total. The van der Waals surface area contributed by atoms with Gasteiger partial charge in [0.1, 0.15) is 18.1 Å². The molecule has 2 aromatic heterocycles. The van der Waals surface area contributed by atoms with Crippen LogP contribution < -0.4 is 15.4 Å². The third-order valence-corrected chi connectivity index (χ3v) is 6.12. The number of benzene rings is 2. The molecule has 38 heavy (non-hydrogen) atoms. The molecule has 196 valence electrons. The highest BCUT2D eigenvalue weighted by Gasteiger charge is 2.21. The number of amides is 2. The molecule has 2 amide bonds. The van der Waals surface area contributed by atoms with Crippen LogP contribution in [0, 0.1) is 17.0 Å². The van der Waals surface area contributed by atoms with Crippen LogP contribution in [0.1, 0.15) is 39.0 Å². The van der Waals surface area contributed by atoms with E-state index in [4.69, 9.17) is 16.3 Å². The van der Waals surface area contributed by atoms with Gasteiger partial charge in [-0.2, -0.15) is 10.2 Å². The minimum absolute atomic E-state index is 0.126. The fourth-order valence-corrected chi connectivity index (χ4v) is 3.82. The van der Waals surface area contributed by atoms with Crippen LogP contribution in [0.15, 0.2) is 54.9 Å². The first-order valence-electron chi connectivity index (χ1n) is 11.5. The van der Waals surface area contributed by atoms with Crippen LogP contribution in [-0.4, -0.2) is 36.3 Å². The van der Waals surface area contributed by atoms with Crippen molar-refractivity contribution in [3.63, 3.8) is 0 Å². The molecule has 0 aliphatic heterocycles. The van der Waals surface area contributed by atoms with Crippen molar-refractivity contribution < 1.29 is 19.2 Å². The molecular weight excluding hydrogens is 514 g/mol. The molecule has 12 nitrogen and oxygen atoms in total. The quantitative estimate of drug-likeness (QED) is 0.234. The fraction of sp³-hybridized carbons (Fsp3) is 0.200. The van der Waals surface area contributed by atoms with Crippen LogP contribution >= 0.6 is 11.6 Å². The zero-order valence-corrected chi connectivity index (χ0v) is 21.5. The summed E-state index contributed by atoms with van der Waals surface area (Å²) < 4.78 is 8.80. The highest BCUT2D eigenvalue weighted by molar-refractivity contribution is 6.32. The molecule has 0 unspecified atom stereocenters. The smallest absolute Gasteiger partial charge is 0.276 e. The molecule has 13 heteroatoms. The van der Waals surface area contributed by atoms with Crippen LogP contribution in [0.5, 0.6) is 5.75 Å². The lowest BCUT2D eigenvalue weighted by Crippen LogP contribution is -2.21. The van der Waals surface area contributed by atoms with Gasteiger partial charge in [0.15, 0.2) is 0 Å². The third kappa shape index (κ3) is 5.65. The zero-order valence-electron chi connectivity index (χ0n) is 20.8. The summed E-state index contributed by atoms with van der Waals surface area (Å²) in [5, 5.41) is 24.9. The number of nitro groups is 1. The second kappa shape index (κ2) is 11.1. The van der Waals surface area contributed by atoms with Gasteiger partial charge in [0.2, 0.25) is 0 Å². The van der Waals surface area contributed by atoms with E-state index in [9.17, 15) is 19.7 Å². The van der Waals surface area contributed by atoms with E-state index in [0.717, 1.165) is 11.3 Å². The Hall–Kier alpha value is -4.71. The molecule has 0 saturated heterocycles. The van der Waals surface area contributed by atoms with Crippen molar-refractivity contribution in [1.82, 2.24) is 19.6 Å². The summed E-state index contributed by atoms with van der Waals surface area (Å²) in [7, 11) is 1.77. The Bertz CT molecular complexity index is 1510. The third-order valence-electron chi connectivity index (χ3n) is 5.82. The molecule has 2 aromatic carbocycles. The number of nitrogens with one attached hydrogen (secondary N) is 2. The minimum Gasteiger partial charge on any atom is -0.487 e. The van der Waals surface area contributed by atoms with Gasteiger partial charge in [-0.25, -0.2) is 0 Å². The number of hydrogen-bond donors (Lipinski definition) is 2. The number of carbonyl (C=O) groups is 2. The maximum atomic E-state index is 13.0. The van der Waals surface area contributed by atoms with Crippen LogP contribution in [0.4, 0.5) is 17.1 Å².